The number of β-amino-alcohol motifs (C(OH)–C–C–N with tert-alkyl or cyclic N) is 1. The summed E-state index contributed by atoms with van der Waals surface area (Å²) in [6, 6.07) is 2.43. The molecular weight excluding hydrogens is 319 g/mol. The first-order valence-corrected chi connectivity index (χ1v) is 7.40. The topological polar surface area (TPSA) is 124 Å². The molecule has 1 heterocycles. The molecule has 1 aromatic carbocycles. The Hall–Kier alpha value is -2.30. The molecule has 0 bridgehead atoms. The van der Waals surface area contributed by atoms with Crippen LogP contribution in [0.5, 0.6) is 0 Å². The zero-order valence-electron chi connectivity index (χ0n) is 11.0. The Morgan fingerprint density at radius 2 is 1.95 bits per heavy atom. The summed E-state index contributed by atoms with van der Waals surface area (Å²) in [5, 5.41) is 11.1. The number of halogens is 1. The minimum atomic E-state index is -4.54. The van der Waals surface area contributed by atoms with Crippen LogP contribution in [-0.4, -0.2) is 47.9 Å². The van der Waals surface area contributed by atoms with Gasteiger partial charge in [-0.1, -0.05) is 0 Å². The second-order valence-corrected chi connectivity index (χ2v) is 5.74. The summed E-state index contributed by atoms with van der Waals surface area (Å²) in [7, 11) is -4.54. The maximum atomic E-state index is 13.7. The van der Waals surface area contributed by atoms with Gasteiger partial charge in [0.25, 0.3) is 21.9 Å². The molecule has 0 unspecified atom stereocenters. The van der Waals surface area contributed by atoms with Crippen molar-refractivity contribution in [1.29, 1.82) is 0 Å². The Balaban J connectivity index is 2.30. The second kappa shape index (κ2) is 5.83. The molecule has 1 aliphatic heterocycles. The predicted molar refractivity (Wildman–Crippen MR) is 71.7 cm³/mol. The molecule has 22 heavy (non-hydrogen) atoms. The standard InChI is InChI=1S/C12H11FN2O6S/c13-8-2-1-7(22(19,20)21)5-9(8)14-10-6-11(17)15(3-4-16)12(10)18/h1-2,5-6,14,16H,3-4H2,(H,19,20,21). The van der Waals surface area contributed by atoms with Crippen LogP contribution in [-0.2, 0) is 19.7 Å². The summed E-state index contributed by atoms with van der Waals surface area (Å²) in [6.45, 7) is -0.641. The van der Waals surface area contributed by atoms with Crippen LogP contribution in [0, 0.1) is 5.82 Å². The lowest BCUT2D eigenvalue weighted by Crippen LogP contribution is -2.34. The van der Waals surface area contributed by atoms with Crippen LogP contribution < -0.4 is 5.32 Å². The lowest BCUT2D eigenvalue weighted by atomic mass is 10.3. The van der Waals surface area contributed by atoms with Gasteiger partial charge in [0.1, 0.15) is 11.5 Å². The van der Waals surface area contributed by atoms with Gasteiger partial charge >= 0.3 is 0 Å². The predicted octanol–water partition coefficient (Wildman–Crippen LogP) is -0.271. The molecule has 0 radical (unpaired) electrons. The van der Waals surface area contributed by atoms with E-state index >= 15 is 0 Å². The van der Waals surface area contributed by atoms with Crippen molar-refractivity contribution < 1.29 is 32.1 Å². The largest absolute Gasteiger partial charge is 0.395 e. The van der Waals surface area contributed by atoms with Gasteiger partial charge in [-0.25, -0.2) is 4.39 Å². The van der Waals surface area contributed by atoms with Gasteiger partial charge in [-0.3, -0.25) is 19.0 Å². The normalized spacial score (nSPS) is 15.2. The van der Waals surface area contributed by atoms with Crippen molar-refractivity contribution in [2.75, 3.05) is 18.5 Å². The van der Waals surface area contributed by atoms with Crippen molar-refractivity contribution in [2.45, 2.75) is 4.90 Å². The van der Waals surface area contributed by atoms with Crippen molar-refractivity contribution in [3.8, 4) is 0 Å². The van der Waals surface area contributed by atoms with Gasteiger partial charge in [0.2, 0.25) is 0 Å². The molecule has 1 aromatic rings. The smallest absolute Gasteiger partial charge is 0.294 e. The average molecular weight is 330 g/mol. The van der Waals surface area contributed by atoms with Crippen LogP contribution in [0.4, 0.5) is 10.1 Å². The zero-order chi connectivity index (χ0) is 16.5. The lowest BCUT2D eigenvalue weighted by Gasteiger charge is -2.13. The molecular formula is C12H11FN2O6S. The molecule has 0 saturated carbocycles. The van der Waals surface area contributed by atoms with Gasteiger partial charge in [0.15, 0.2) is 0 Å². The van der Waals surface area contributed by atoms with E-state index < -0.39 is 44.9 Å². The van der Waals surface area contributed by atoms with E-state index in [1.54, 1.807) is 0 Å². The number of hydrogen-bond donors (Lipinski definition) is 3. The number of anilines is 1. The second-order valence-electron chi connectivity index (χ2n) is 4.32. The molecule has 0 atom stereocenters. The van der Waals surface area contributed by atoms with E-state index in [1.165, 1.54) is 0 Å². The van der Waals surface area contributed by atoms with Gasteiger partial charge in [-0.15, -0.1) is 0 Å². The van der Waals surface area contributed by atoms with Crippen LogP contribution in [0.1, 0.15) is 0 Å². The Kier molecular flexibility index (Phi) is 4.26. The zero-order valence-corrected chi connectivity index (χ0v) is 11.8. The van der Waals surface area contributed by atoms with Crippen LogP contribution in [0.25, 0.3) is 0 Å². The maximum Gasteiger partial charge on any atom is 0.294 e. The number of carbonyl (C=O) groups is 2. The molecule has 0 aromatic heterocycles. The summed E-state index contributed by atoms with van der Waals surface area (Å²) in [5.41, 5.74) is -0.668. The highest BCUT2D eigenvalue weighted by molar-refractivity contribution is 7.85. The summed E-state index contributed by atoms with van der Waals surface area (Å²) in [4.78, 5) is 23.6. The van der Waals surface area contributed by atoms with Crippen LogP contribution >= 0.6 is 0 Å². The fourth-order valence-electron chi connectivity index (χ4n) is 1.82. The van der Waals surface area contributed by atoms with Gasteiger partial charge in [0.05, 0.1) is 23.7 Å². The van der Waals surface area contributed by atoms with Gasteiger partial charge < -0.3 is 10.4 Å². The number of amides is 2. The third-order valence-corrected chi connectivity index (χ3v) is 3.69. The number of imide groups is 1. The van der Waals surface area contributed by atoms with E-state index in [9.17, 15) is 22.4 Å². The molecule has 10 heteroatoms. The molecule has 1 aliphatic rings. The van der Waals surface area contributed by atoms with E-state index in [2.05, 4.69) is 5.32 Å². The van der Waals surface area contributed by atoms with Crippen molar-refractivity contribution in [2.24, 2.45) is 0 Å². The number of aliphatic hydroxyl groups is 1. The van der Waals surface area contributed by atoms with E-state index in [0.717, 1.165) is 29.2 Å². The highest BCUT2D eigenvalue weighted by Crippen LogP contribution is 2.23. The molecule has 118 valence electrons. The number of nitrogens with zero attached hydrogens (tertiary/aromatic N) is 1. The average Bonchev–Trinajstić information content (AvgIpc) is 2.68. The Morgan fingerprint density at radius 3 is 2.55 bits per heavy atom. The van der Waals surface area contributed by atoms with E-state index in [4.69, 9.17) is 9.66 Å². The number of carbonyl (C=O) groups excluding carboxylic acids is 2. The maximum absolute atomic E-state index is 13.7. The van der Waals surface area contributed by atoms with E-state index in [-0.39, 0.29) is 12.2 Å². The first-order valence-electron chi connectivity index (χ1n) is 5.96. The van der Waals surface area contributed by atoms with Crippen molar-refractivity contribution in [1.82, 2.24) is 4.90 Å². The summed E-state index contributed by atoms with van der Waals surface area (Å²) in [5.74, 6) is -2.35. The van der Waals surface area contributed by atoms with E-state index in [0.29, 0.717) is 0 Å². The molecule has 2 rings (SSSR count). The third kappa shape index (κ3) is 3.13. The molecule has 3 N–H and O–H groups in total. The molecule has 0 spiro atoms. The SMILES string of the molecule is O=C1C=C(Nc2cc(S(=O)(=O)O)ccc2F)C(=O)N1CCO. The fourth-order valence-corrected chi connectivity index (χ4v) is 2.32. The first kappa shape index (κ1) is 16.1. The summed E-state index contributed by atoms with van der Waals surface area (Å²) >= 11 is 0. The number of aliphatic hydroxyl groups excluding tert-OH is 1. The summed E-state index contributed by atoms with van der Waals surface area (Å²) in [6.07, 6.45) is 0.900. The lowest BCUT2D eigenvalue weighted by molar-refractivity contribution is -0.137. The fraction of sp³-hybridized carbons (Fsp3) is 0.167. The number of nitrogens with one attached hydrogen (secondary N) is 1. The molecule has 8 nitrogen and oxygen atoms in total. The van der Waals surface area contributed by atoms with Crippen LogP contribution in [0.15, 0.2) is 34.9 Å². The Bertz CT molecular complexity index is 774. The minimum Gasteiger partial charge on any atom is -0.395 e. The van der Waals surface area contributed by atoms with Crippen molar-refractivity contribution in [3.05, 3.63) is 35.8 Å². The number of benzene rings is 1. The van der Waals surface area contributed by atoms with Gasteiger partial charge in [0, 0.05) is 6.08 Å². The third-order valence-electron chi connectivity index (χ3n) is 2.84. The van der Waals surface area contributed by atoms with Gasteiger partial charge in [-0.05, 0) is 18.2 Å². The van der Waals surface area contributed by atoms with Gasteiger partial charge in [-0.2, -0.15) is 8.42 Å². The first-order chi connectivity index (χ1) is 10.2. The van der Waals surface area contributed by atoms with Crippen LogP contribution in [0.2, 0.25) is 0 Å². The highest BCUT2D eigenvalue weighted by Gasteiger charge is 2.31. The van der Waals surface area contributed by atoms with Crippen molar-refractivity contribution in [3.63, 3.8) is 0 Å². The quantitative estimate of drug-likeness (QED) is 0.501. The molecule has 0 aliphatic carbocycles. The van der Waals surface area contributed by atoms with E-state index in [1.807, 2.05) is 0 Å². The van der Waals surface area contributed by atoms with Crippen LogP contribution in [0.3, 0.4) is 0 Å². The molecule has 0 saturated heterocycles. The van der Waals surface area contributed by atoms with Crippen molar-refractivity contribution >= 4 is 27.6 Å². The minimum absolute atomic E-state index is 0.215. The summed E-state index contributed by atoms with van der Waals surface area (Å²) < 4.78 is 44.6. The monoisotopic (exact) mass is 330 g/mol. The molecule has 2 amide bonds. The number of hydrogen-bond acceptors (Lipinski definition) is 6. The highest BCUT2D eigenvalue weighted by atomic mass is 32.2. The Labute approximate surface area is 124 Å². The number of rotatable bonds is 5. The Morgan fingerprint density at radius 1 is 1.27 bits per heavy atom. The molecule has 0 fully saturated rings.